The molecule has 0 unspecified atom stereocenters. The molecule has 2 aromatic carbocycles. The van der Waals surface area contributed by atoms with E-state index in [1.165, 1.54) is 0 Å². The fraction of sp³-hybridized carbons (Fsp3) is 0.381. The van der Waals surface area contributed by atoms with E-state index in [1.54, 1.807) is 26.0 Å². The molecule has 0 aromatic heterocycles. The summed E-state index contributed by atoms with van der Waals surface area (Å²) in [7, 11) is 0.0783. The zero-order chi connectivity index (χ0) is 21.1. The van der Waals surface area contributed by atoms with Gasteiger partial charge in [0.05, 0.1) is 50.1 Å². The second kappa shape index (κ2) is 8.77. The van der Waals surface area contributed by atoms with Gasteiger partial charge < -0.3 is 19.1 Å². The average molecular weight is 449 g/mol. The number of amidine groups is 1. The van der Waals surface area contributed by atoms with Crippen LogP contribution in [0.4, 0.5) is 5.69 Å². The molecule has 0 aliphatic carbocycles. The lowest BCUT2D eigenvalue weighted by molar-refractivity contribution is 0.344. The zero-order valence-electron chi connectivity index (χ0n) is 16.9. The van der Waals surface area contributed by atoms with Crippen molar-refractivity contribution in [2.75, 3.05) is 43.0 Å². The van der Waals surface area contributed by atoms with E-state index in [4.69, 9.17) is 19.2 Å². The van der Waals surface area contributed by atoms with Crippen LogP contribution in [-0.2, 0) is 9.84 Å². The molecule has 2 aromatic rings. The fourth-order valence-electron chi connectivity index (χ4n) is 3.71. The topological polar surface area (TPSA) is 77.4 Å². The Hall–Kier alpha value is -2.39. The monoisotopic (exact) mass is 448 g/mol. The molecule has 0 saturated carbocycles. The van der Waals surface area contributed by atoms with E-state index in [-0.39, 0.29) is 23.6 Å². The van der Waals surface area contributed by atoms with Gasteiger partial charge in [-0.15, -0.1) is 0 Å². The van der Waals surface area contributed by atoms with Gasteiger partial charge in [0.1, 0.15) is 17.2 Å². The van der Waals surface area contributed by atoms with Gasteiger partial charge in [-0.1, -0.05) is 30.0 Å². The van der Waals surface area contributed by atoms with Crippen molar-refractivity contribution in [2.45, 2.75) is 12.1 Å². The molecule has 9 heteroatoms. The van der Waals surface area contributed by atoms with Crippen molar-refractivity contribution in [1.29, 1.82) is 0 Å². The Morgan fingerprint density at radius 2 is 1.87 bits per heavy atom. The van der Waals surface area contributed by atoms with E-state index in [0.29, 0.717) is 23.9 Å². The summed E-state index contributed by atoms with van der Waals surface area (Å²) in [4.78, 5) is 6.74. The number of fused-ring (bicyclic) bond motifs is 1. The van der Waals surface area contributed by atoms with Crippen molar-refractivity contribution in [3.63, 3.8) is 0 Å². The molecule has 2 heterocycles. The first-order chi connectivity index (χ1) is 14.5. The summed E-state index contributed by atoms with van der Waals surface area (Å²) < 4.78 is 41.2. The van der Waals surface area contributed by atoms with Crippen molar-refractivity contribution >= 4 is 32.5 Å². The van der Waals surface area contributed by atoms with Gasteiger partial charge in [-0.25, -0.2) is 8.42 Å². The zero-order valence-corrected chi connectivity index (χ0v) is 18.5. The highest BCUT2D eigenvalue weighted by atomic mass is 32.2. The van der Waals surface area contributed by atoms with Gasteiger partial charge >= 0.3 is 0 Å². The van der Waals surface area contributed by atoms with Crippen LogP contribution in [0, 0.1) is 0 Å². The second-order valence-electron chi connectivity index (χ2n) is 7.04. The number of anilines is 1. The van der Waals surface area contributed by atoms with Gasteiger partial charge in [0.2, 0.25) is 0 Å². The van der Waals surface area contributed by atoms with Crippen LogP contribution >= 0.6 is 11.8 Å². The van der Waals surface area contributed by atoms with Crippen LogP contribution < -0.4 is 19.1 Å². The highest BCUT2D eigenvalue weighted by Crippen LogP contribution is 2.41. The van der Waals surface area contributed by atoms with Crippen LogP contribution in [0.1, 0.15) is 0 Å². The molecule has 1 fully saturated rings. The van der Waals surface area contributed by atoms with Crippen molar-refractivity contribution in [3.8, 4) is 17.2 Å². The Bertz CT molecular complexity index is 1030. The van der Waals surface area contributed by atoms with Crippen LogP contribution in [0.2, 0.25) is 0 Å². The third-order valence-corrected chi connectivity index (χ3v) is 7.71. The molecule has 160 valence electrons. The summed E-state index contributed by atoms with van der Waals surface area (Å²) in [5.41, 5.74) is 0.761. The second-order valence-corrected chi connectivity index (χ2v) is 10.3. The largest absolute Gasteiger partial charge is 0.497 e. The molecule has 0 radical (unpaired) electrons. The third-order valence-electron chi connectivity index (χ3n) is 5.08. The molecule has 0 N–H and O–H groups in total. The number of benzene rings is 2. The maximum absolute atomic E-state index is 12.2. The smallest absolute Gasteiger partial charge is 0.164 e. The molecule has 1 saturated heterocycles. The van der Waals surface area contributed by atoms with Crippen LogP contribution in [0.3, 0.4) is 0 Å². The number of aliphatic imine (C=N–C) groups is 1. The van der Waals surface area contributed by atoms with Crippen molar-refractivity contribution in [2.24, 2.45) is 4.99 Å². The van der Waals surface area contributed by atoms with Gasteiger partial charge in [0.15, 0.2) is 15.0 Å². The minimum absolute atomic E-state index is 0.0744. The summed E-state index contributed by atoms with van der Waals surface area (Å²) >= 11 is 1.56. The number of ether oxygens (including phenoxy) is 3. The van der Waals surface area contributed by atoms with Crippen molar-refractivity contribution < 1.29 is 22.6 Å². The van der Waals surface area contributed by atoms with Crippen LogP contribution in [0.25, 0.3) is 0 Å². The Morgan fingerprint density at radius 3 is 2.60 bits per heavy atom. The van der Waals surface area contributed by atoms with E-state index >= 15 is 0 Å². The summed E-state index contributed by atoms with van der Waals surface area (Å²) in [5, 5.41) is 0.781. The summed E-state index contributed by atoms with van der Waals surface area (Å²) in [6.45, 7) is 0.518. The Morgan fingerprint density at radius 1 is 1.07 bits per heavy atom. The number of thioether (sulfide) groups is 1. The number of nitrogens with zero attached hydrogens (tertiary/aromatic N) is 2. The molecule has 0 bridgehead atoms. The lowest BCUT2D eigenvalue weighted by Crippen LogP contribution is -2.39. The first-order valence-electron chi connectivity index (χ1n) is 9.61. The van der Waals surface area contributed by atoms with E-state index < -0.39 is 9.84 Å². The number of methoxy groups -OCH3 is 2. The fourth-order valence-corrected chi connectivity index (χ4v) is 6.49. The molecule has 0 amide bonds. The Balaban J connectivity index is 1.55. The van der Waals surface area contributed by atoms with Crippen molar-refractivity contribution in [3.05, 3.63) is 48.5 Å². The number of hydrogen-bond donors (Lipinski definition) is 0. The lowest BCUT2D eigenvalue weighted by atomic mass is 10.1. The van der Waals surface area contributed by atoms with Crippen molar-refractivity contribution in [1.82, 2.24) is 0 Å². The molecule has 30 heavy (non-hydrogen) atoms. The molecule has 2 atom stereocenters. The summed E-state index contributed by atoms with van der Waals surface area (Å²) in [6, 6.07) is 14.6. The lowest BCUT2D eigenvalue weighted by Gasteiger charge is -2.28. The molecule has 2 aliphatic rings. The molecule has 4 rings (SSSR count). The van der Waals surface area contributed by atoms with E-state index in [1.807, 2.05) is 53.4 Å². The minimum Gasteiger partial charge on any atom is -0.497 e. The number of sulfone groups is 1. The summed E-state index contributed by atoms with van der Waals surface area (Å²) in [6.07, 6.45) is 0. The van der Waals surface area contributed by atoms with Crippen LogP contribution in [0.5, 0.6) is 17.2 Å². The number of para-hydroxylation sites is 1. The number of rotatable bonds is 7. The highest BCUT2D eigenvalue weighted by molar-refractivity contribution is 8.14. The molecule has 2 aliphatic heterocycles. The molecule has 7 nitrogen and oxygen atoms in total. The van der Waals surface area contributed by atoms with Crippen LogP contribution in [-0.4, -0.2) is 63.8 Å². The predicted octanol–water partition coefficient (Wildman–Crippen LogP) is 2.86. The first-order valence-corrected chi connectivity index (χ1v) is 12.4. The van der Waals surface area contributed by atoms with Gasteiger partial charge in [0, 0.05) is 11.8 Å². The number of hydrogen-bond acceptors (Lipinski definition) is 8. The Labute approximate surface area is 181 Å². The van der Waals surface area contributed by atoms with Gasteiger partial charge in [-0.2, -0.15) is 0 Å². The first kappa shape index (κ1) is 20.9. The van der Waals surface area contributed by atoms with Gasteiger partial charge in [-0.3, -0.25) is 4.99 Å². The predicted molar refractivity (Wildman–Crippen MR) is 120 cm³/mol. The van der Waals surface area contributed by atoms with Crippen LogP contribution in [0.15, 0.2) is 53.5 Å². The normalized spacial score (nSPS) is 21.8. The quantitative estimate of drug-likeness (QED) is 0.603. The molecular weight excluding hydrogens is 424 g/mol. The maximum atomic E-state index is 12.2. The van der Waals surface area contributed by atoms with Gasteiger partial charge in [0.25, 0.3) is 0 Å². The highest BCUT2D eigenvalue weighted by Gasteiger charge is 2.47. The average Bonchev–Trinajstić information content (AvgIpc) is 3.22. The van der Waals surface area contributed by atoms with E-state index in [2.05, 4.69) is 0 Å². The molecule has 0 spiro atoms. The standard InChI is InChI=1S/C21H24N2O5S2/c1-26-16-8-9-20(27-2)18(12-16)23-19-14-30(24,25)13-17(19)22-21(23)29-11-10-28-15-6-4-3-5-7-15/h3-9,12,17,19H,10-11,13-14H2,1-2H3/t17-,19-/m0/s1. The van der Waals surface area contributed by atoms with E-state index in [9.17, 15) is 8.42 Å². The summed E-state index contributed by atoms with van der Waals surface area (Å²) in [5.74, 6) is 2.97. The van der Waals surface area contributed by atoms with Gasteiger partial charge in [-0.05, 0) is 24.3 Å². The van der Waals surface area contributed by atoms with E-state index in [0.717, 1.165) is 16.6 Å². The Kier molecular flexibility index (Phi) is 6.10. The maximum Gasteiger partial charge on any atom is 0.164 e. The SMILES string of the molecule is COc1ccc(OC)c(N2C(SCCOc3ccccc3)=N[C@H]3CS(=O)(=O)C[C@@H]32)c1. The minimum atomic E-state index is -3.12. The third kappa shape index (κ3) is 4.37. The molecular formula is C21H24N2O5S2.